The lowest BCUT2D eigenvalue weighted by molar-refractivity contribution is 0.337. The van der Waals surface area contributed by atoms with Gasteiger partial charge in [0.2, 0.25) is 0 Å². The van der Waals surface area contributed by atoms with Crippen LogP contribution in [-0.4, -0.2) is 16.6 Å². The summed E-state index contributed by atoms with van der Waals surface area (Å²) in [6, 6.07) is 6.16. The van der Waals surface area contributed by atoms with Crippen molar-refractivity contribution >= 4 is 0 Å². The Morgan fingerprint density at radius 1 is 1.05 bits per heavy atom. The van der Waals surface area contributed by atoms with E-state index in [1.165, 1.54) is 0 Å². The van der Waals surface area contributed by atoms with E-state index in [0.717, 1.165) is 33.8 Å². The highest BCUT2D eigenvalue weighted by Crippen LogP contribution is 2.29. The van der Waals surface area contributed by atoms with E-state index in [4.69, 9.17) is 10.5 Å². The van der Waals surface area contributed by atoms with E-state index in [0.29, 0.717) is 19.0 Å². The number of ether oxygens (including phenoxy) is 1. The van der Waals surface area contributed by atoms with Gasteiger partial charge in [-0.05, 0) is 57.0 Å². The highest BCUT2D eigenvalue weighted by Gasteiger charge is 2.10. The molecule has 1 aromatic heterocycles. The van der Waals surface area contributed by atoms with Gasteiger partial charge in [0.1, 0.15) is 11.6 Å². The summed E-state index contributed by atoms with van der Waals surface area (Å²) in [5, 5.41) is 0. The molecule has 0 atom stereocenters. The number of benzene rings is 1. The monoisotopic (exact) mass is 271 g/mol. The number of hydrogen-bond acceptors (Lipinski definition) is 4. The van der Waals surface area contributed by atoms with Gasteiger partial charge in [-0.15, -0.1) is 0 Å². The van der Waals surface area contributed by atoms with Crippen LogP contribution in [0.15, 0.2) is 18.2 Å². The van der Waals surface area contributed by atoms with E-state index in [2.05, 4.69) is 29.0 Å². The first-order valence-electron chi connectivity index (χ1n) is 6.84. The first-order chi connectivity index (χ1) is 9.55. The summed E-state index contributed by atoms with van der Waals surface area (Å²) >= 11 is 0. The van der Waals surface area contributed by atoms with Gasteiger partial charge >= 0.3 is 0 Å². The fourth-order valence-corrected chi connectivity index (χ4v) is 2.24. The SMILES string of the molecule is CCOc1cc(C)c(-c2cc(C)nc(CN)n2)cc1C. The van der Waals surface area contributed by atoms with Crippen molar-refractivity contribution < 1.29 is 4.74 Å². The second-order valence-electron chi connectivity index (χ2n) is 4.88. The molecule has 1 aromatic carbocycles. The molecule has 0 radical (unpaired) electrons. The van der Waals surface area contributed by atoms with Crippen molar-refractivity contribution in [2.75, 3.05) is 6.61 Å². The van der Waals surface area contributed by atoms with Crippen molar-refractivity contribution in [2.24, 2.45) is 5.73 Å². The number of nitrogens with two attached hydrogens (primary N) is 1. The normalized spacial score (nSPS) is 10.7. The fraction of sp³-hybridized carbons (Fsp3) is 0.375. The average molecular weight is 271 g/mol. The van der Waals surface area contributed by atoms with Crippen molar-refractivity contribution in [3.63, 3.8) is 0 Å². The van der Waals surface area contributed by atoms with Gasteiger partial charge in [0.05, 0.1) is 18.8 Å². The van der Waals surface area contributed by atoms with Crippen LogP contribution in [0.2, 0.25) is 0 Å². The third-order valence-corrected chi connectivity index (χ3v) is 3.18. The van der Waals surface area contributed by atoms with Crippen LogP contribution in [0.1, 0.15) is 29.6 Å². The van der Waals surface area contributed by atoms with Crippen LogP contribution in [0, 0.1) is 20.8 Å². The van der Waals surface area contributed by atoms with Crippen LogP contribution in [0.4, 0.5) is 0 Å². The molecule has 0 saturated carbocycles. The third kappa shape index (κ3) is 2.96. The van der Waals surface area contributed by atoms with E-state index >= 15 is 0 Å². The highest BCUT2D eigenvalue weighted by atomic mass is 16.5. The lowest BCUT2D eigenvalue weighted by Crippen LogP contribution is -2.05. The minimum absolute atomic E-state index is 0.351. The molecule has 0 bridgehead atoms. The molecule has 0 saturated heterocycles. The summed E-state index contributed by atoms with van der Waals surface area (Å²) in [7, 11) is 0. The predicted molar refractivity (Wildman–Crippen MR) is 80.7 cm³/mol. The van der Waals surface area contributed by atoms with Crippen LogP contribution in [-0.2, 0) is 6.54 Å². The van der Waals surface area contributed by atoms with Crippen molar-refractivity contribution in [1.82, 2.24) is 9.97 Å². The molecule has 106 valence electrons. The van der Waals surface area contributed by atoms with Crippen LogP contribution in [0.25, 0.3) is 11.3 Å². The third-order valence-electron chi connectivity index (χ3n) is 3.18. The van der Waals surface area contributed by atoms with E-state index in [-0.39, 0.29) is 0 Å². The highest BCUT2D eigenvalue weighted by molar-refractivity contribution is 5.66. The quantitative estimate of drug-likeness (QED) is 0.928. The topological polar surface area (TPSA) is 61.0 Å². The van der Waals surface area contributed by atoms with Gasteiger partial charge in [-0.1, -0.05) is 0 Å². The minimum atomic E-state index is 0.351. The molecule has 0 aliphatic rings. The van der Waals surface area contributed by atoms with Gasteiger partial charge in [0.25, 0.3) is 0 Å². The van der Waals surface area contributed by atoms with E-state index in [9.17, 15) is 0 Å². The Kier molecular flexibility index (Phi) is 4.35. The molecule has 0 spiro atoms. The second-order valence-corrected chi connectivity index (χ2v) is 4.88. The number of nitrogens with zero attached hydrogens (tertiary/aromatic N) is 2. The van der Waals surface area contributed by atoms with E-state index in [1.807, 2.05) is 26.8 Å². The van der Waals surface area contributed by atoms with Crippen LogP contribution >= 0.6 is 0 Å². The van der Waals surface area contributed by atoms with Gasteiger partial charge in [0.15, 0.2) is 0 Å². The summed E-state index contributed by atoms with van der Waals surface area (Å²) in [6.07, 6.45) is 0. The summed E-state index contributed by atoms with van der Waals surface area (Å²) in [6.45, 7) is 9.08. The summed E-state index contributed by atoms with van der Waals surface area (Å²) in [4.78, 5) is 8.84. The van der Waals surface area contributed by atoms with Gasteiger partial charge in [-0.3, -0.25) is 0 Å². The smallest absolute Gasteiger partial charge is 0.142 e. The average Bonchev–Trinajstić information content (AvgIpc) is 2.42. The predicted octanol–water partition coefficient (Wildman–Crippen LogP) is 2.93. The second kappa shape index (κ2) is 6.01. The molecule has 0 aliphatic carbocycles. The Balaban J connectivity index is 2.52. The largest absolute Gasteiger partial charge is 0.494 e. The maximum atomic E-state index is 5.65. The summed E-state index contributed by atoms with van der Waals surface area (Å²) in [5.41, 5.74) is 10.9. The maximum absolute atomic E-state index is 5.65. The van der Waals surface area contributed by atoms with E-state index in [1.54, 1.807) is 0 Å². The number of hydrogen-bond donors (Lipinski definition) is 1. The molecule has 0 unspecified atom stereocenters. The van der Waals surface area contributed by atoms with Crippen molar-refractivity contribution in [3.8, 4) is 17.0 Å². The number of rotatable bonds is 4. The Hall–Kier alpha value is -1.94. The lowest BCUT2D eigenvalue weighted by Gasteiger charge is -2.13. The zero-order valence-corrected chi connectivity index (χ0v) is 12.5. The van der Waals surface area contributed by atoms with Crippen LogP contribution < -0.4 is 10.5 Å². The van der Waals surface area contributed by atoms with Gasteiger partial charge < -0.3 is 10.5 Å². The first-order valence-corrected chi connectivity index (χ1v) is 6.84. The standard InChI is InChI=1S/C16H21N3O/c1-5-20-15-7-10(2)13(6-11(15)3)14-8-12(4)18-16(9-17)19-14/h6-8H,5,9,17H2,1-4H3. The molecular weight excluding hydrogens is 250 g/mol. The summed E-state index contributed by atoms with van der Waals surface area (Å²) in [5.74, 6) is 1.60. The summed E-state index contributed by atoms with van der Waals surface area (Å²) < 4.78 is 5.62. The Morgan fingerprint density at radius 2 is 1.80 bits per heavy atom. The molecule has 20 heavy (non-hydrogen) atoms. The molecular formula is C16H21N3O. The zero-order chi connectivity index (χ0) is 14.7. The minimum Gasteiger partial charge on any atom is -0.494 e. The van der Waals surface area contributed by atoms with Gasteiger partial charge in [-0.25, -0.2) is 9.97 Å². The molecule has 2 rings (SSSR count). The number of aryl methyl sites for hydroxylation is 3. The van der Waals surface area contributed by atoms with Gasteiger partial charge in [0, 0.05) is 11.3 Å². The Morgan fingerprint density at radius 3 is 2.45 bits per heavy atom. The molecule has 0 aliphatic heterocycles. The molecule has 2 N–H and O–H groups in total. The zero-order valence-electron chi connectivity index (χ0n) is 12.5. The molecule has 4 nitrogen and oxygen atoms in total. The fourth-order valence-electron chi connectivity index (χ4n) is 2.24. The maximum Gasteiger partial charge on any atom is 0.142 e. The first kappa shape index (κ1) is 14.5. The van der Waals surface area contributed by atoms with E-state index < -0.39 is 0 Å². The van der Waals surface area contributed by atoms with Crippen LogP contribution in [0.3, 0.4) is 0 Å². The molecule has 4 heteroatoms. The van der Waals surface area contributed by atoms with Crippen molar-refractivity contribution in [1.29, 1.82) is 0 Å². The number of aromatic nitrogens is 2. The van der Waals surface area contributed by atoms with Crippen molar-refractivity contribution in [3.05, 3.63) is 40.8 Å². The lowest BCUT2D eigenvalue weighted by atomic mass is 10.0. The molecule has 1 heterocycles. The van der Waals surface area contributed by atoms with Gasteiger partial charge in [-0.2, -0.15) is 0 Å². The Bertz CT molecular complexity index is 623. The molecule has 0 fully saturated rings. The molecule has 0 amide bonds. The van der Waals surface area contributed by atoms with Crippen LogP contribution in [0.5, 0.6) is 5.75 Å². The molecule has 2 aromatic rings. The Labute approximate surface area is 120 Å². The van der Waals surface area contributed by atoms with Crippen molar-refractivity contribution in [2.45, 2.75) is 34.2 Å².